The normalized spacial score (nSPS) is 11.1. The topological polar surface area (TPSA) is 63.6 Å². The van der Waals surface area contributed by atoms with Crippen LogP contribution < -0.4 is 0 Å². The number of halogens is 3. The highest BCUT2D eigenvalue weighted by molar-refractivity contribution is 5.94. The molecule has 17 heavy (non-hydrogen) atoms. The van der Waals surface area contributed by atoms with Gasteiger partial charge in [-0.3, -0.25) is 0 Å². The molecular formula is C10H7F3O4. The molecule has 1 aromatic rings. The Morgan fingerprint density at radius 1 is 1.29 bits per heavy atom. The number of carbonyl (C=O) groups excluding carboxylic acids is 1. The second-order valence-corrected chi connectivity index (χ2v) is 3.05. The third-order valence-electron chi connectivity index (χ3n) is 1.98. The van der Waals surface area contributed by atoms with Gasteiger partial charge in [0.1, 0.15) is 0 Å². The van der Waals surface area contributed by atoms with E-state index >= 15 is 0 Å². The Morgan fingerprint density at radius 3 is 2.29 bits per heavy atom. The van der Waals surface area contributed by atoms with E-state index in [1.165, 1.54) is 0 Å². The highest BCUT2D eigenvalue weighted by Gasteiger charge is 2.36. The van der Waals surface area contributed by atoms with Gasteiger partial charge in [-0.15, -0.1) is 0 Å². The van der Waals surface area contributed by atoms with E-state index in [4.69, 9.17) is 5.11 Å². The van der Waals surface area contributed by atoms with E-state index in [0.29, 0.717) is 6.07 Å². The molecular weight excluding hydrogens is 241 g/mol. The van der Waals surface area contributed by atoms with E-state index in [1.54, 1.807) is 0 Å². The van der Waals surface area contributed by atoms with Crippen molar-refractivity contribution < 1.29 is 32.6 Å². The summed E-state index contributed by atoms with van der Waals surface area (Å²) >= 11 is 0. The lowest BCUT2D eigenvalue weighted by Gasteiger charge is -2.11. The molecule has 1 rings (SSSR count). The molecule has 0 heterocycles. The Kier molecular flexibility index (Phi) is 3.40. The van der Waals surface area contributed by atoms with Crippen LogP contribution in [0.25, 0.3) is 0 Å². The van der Waals surface area contributed by atoms with Crippen LogP contribution in [0.2, 0.25) is 0 Å². The average molecular weight is 248 g/mol. The summed E-state index contributed by atoms with van der Waals surface area (Å²) < 4.78 is 41.9. The number of hydrogen-bond donors (Lipinski definition) is 1. The predicted octanol–water partition coefficient (Wildman–Crippen LogP) is 2.19. The summed E-state index contributed by atoms with van der Waals surface area (Å²) in [6, 6.07) is 2.08. The molecule has 0 fully saturated rings. The number of alkyl halides is 3. The zero-order valence-electron chi connectivity index (χ0n) is 8.54. The number of methoxy groups -OCH3 is 1. The Hall–Kier alpha value is -2.05. The van der Waals surface area contributed by atoms with Gasteiger partial charge in [-0.1, -0.05) is 0 Å². The molecule has 1 N–H and O–H groups in total. The summed E-state index contributed by atoms with van der Waals surface area (Å²) in [6.45, 7) is 0. The second kappa shape index (κ2) is 4.44. The molecule has 0 unspecified atom stereocenters. The van der Waals surface area contributed by atoms with Crippen LogP contribution >= 0.6 is 0 Å². The van der Waals surface area contributed by atoms with Gasteiger partial charge in [0.25, 0.3) is 0 Å². The number of carboxylic acid groups (broad SMARTS) is 1. The molecule has 0 aliphatic carbocycles. The zero-order chi connectivity index (χ0) is 13.2. The molecule has 1 aromatic carbocycles. The van der Waals surface area contributed by atoms with Gasteiger partial charge in [0, 0.05) is 0 Å². The first-order valence-corrected chi connectivity index (χ1v) is 4.30. The minimum atomic E-state index is -4.82. The van der Waals surface area contributed by atoms with Gasteiger partial charge in [0.05, 0.1) is 23.8 Å². The Balaban J connectivity index is 3.42. The van der Waals surface area contributed by atoms with Crippen molar-refractivity contribution in [2.24, 2.45) is 0 Å². The fourth-order valence-electron chi connectivity index (χ4n) is 1.20. The maximum atomic E-state index is 12.6. The van der Waals surface area contributed by atoms with Crippen molar-refractivity contribution >= 4 is 11.9 Å². The molecule has 0 spiro atoms. The molecule has 0 aromatic heterocycles. The number of esters is 1. The van der Waals surface area contributed by atoms with Crippen molar-refractivity contribution in [1.82, 2.24) is 0 Å². The first kappa shape index (κ1) is 13.0. The van der Waals surface area contributed by atoms with Gasteiger partial charge in [-0.2, -0.15) is 13.2 Å². The number of hydrogen-bond acceptors (Lipinski definition) is 3. The summed E-state index contributed by atoms with van der Waals surface area (Å²) in [5, 5.41) is 8.58. The monoisotopic (exact) mass is 248 g/mol. The highest BCUT2D eigenvalue weighted by atomic mass is 19.4. The minimum absolute atomic E-state index is 0.397. The molecule has 4 nitrogen and oxygen atoms in total. The smallest absolute Gasteiger partial charge is 0.417 e. The number of ether oxygens (including phenoxy) is 1. The molecule has 92 valence electrons. The summed E-state index contributed by atoms with van der Waals surface area (Å²) in [4.78, 5) is 21.6. The van der Waals surface area contributed by atoms with Crippen molar-refractivity contribution in [3.8, 4) is 0 Å². The summed E-state index contributed by atoms with van der Waals surface area (Å²) in [5.74, 6) is -2.68. The molecule has 0 saturated carbocycles. The van der Waals surface area contributed by atoms with Gasteiger partial charge in [0.15, 0.2) is 0 Å². The quantitative estimate of drug-likeness (QED) is 0.815. The van der Waals surface area contributed by atoms with Gasteiger partial charge in [-0.05, 0) is 18.2 Å². The molecule has 0 saturated heterocycles. The highest BCUT2D eigenvalue weighted by Crippen LogP contribution is 2.33. The van der Waals surface area contributed by atoms with E-state index in [2.05, 4.69) is 4.74 Å². The standard InChI is InChI=1S/C10H7F3O4/c1-17-9(16)6-3-2-5(8(14)15)4-7(6)10(11,12)13/h2-4H,1H3,(H,14,15). The molecule has 0 bridgehead atoms. The van der Waals surface area contributed by atoms with Crippen molar-refractivity contribution in [2.75, 3.05) is 7.11 Å². The van der Waals surface area contributed by atoms with Gasteiger partial charge in [0.2, 0.25) is 0 Å². The number of carbonyl (C=O) groups is 2. The molecule has 0 radical (unpaired) electrons. The first-order chi connectivity index (χ1) is 7.77. The number of rotatable bonds is 2. The van der Waals surface area contributed by atoms with Crippen molar-refractivity contribution in [1.29, 1.82) is 0 Å². The fraction of sp³-hybridized carbons (Fsp3) is 0.200. The average Bonchev–Trinajstić information content (AvgIpc) is 2.26. The van der Waals surface area contributed by atoms with Crippen molar-refractivity contribution in [3.05, 3.63) is 34.9 Å². The van der Waals surface area contributed by atoms with Gasteiger partial charge < -0.3 is 9.84 Å². The van der Waals surface area contributed by atoms with E-state index in [-0.39, 0.29) is 0 Å². The van der Waals surface area contributed by atoms with Crippen LogP contribution in [-0.4, -0.2) is 24.2 Å². The summed E-state index contributed by atoms with van der Waals surface area (Å²) in [7, 11) is 0.938. The maximum absolute atomic E-state index is 12.6. The fourth-order valence-corrected chi connectivity index (χ4v) is 1.20. The van der Waals surface area contributed by atoms with Gasteiger partial charge in [-0.25, -0.2) is 9.59 Å². The summed E-state index contributed by atoms with van der Waals surface area (Å²) in [5.41, 5.74) is -2.60. The second-order valence-electron chi connectivity index (χ2n) is 3.05. The van der Waals surface area contributed by atoms with Crippen molar-refractivity contribution in [2.45, 2.75) is 6.18 Å². The number of benzene rings is 1. The molecule has 0 atom stereocenters. The van der Waals surface area contributed by atoms with E-state index in [0.717, 1.165) is 19.2 Å². The Labute approximate surface area is 93.6 Å². The molecule has 7 heteroatoms. The van der Waals surface area contributed by atoms with E-state index < -0.39 is 34.8 Å². The zero-order valence-corrected chi connectivity index (χ0v) is 8.54. The van der Waals surface area contributed by atoms with Crippen LogP contribution in [0, 0.1) is 0 Å². The largest absolute Gasteiger partial charge is 0.478 e. The Bertz CT molecular complexity index is 465. The van der Waals surface area contributed by atoms with Crippen LogP contribution in [0.15, 0.2) is 18.2 Å². The lowest BCUT2D eigenvalue weighted by molar-refractivity contribution is -0.138. The number of aromatic carboxylic acids is 1. The van der Waals surface area contributed by atoms with Crippen LogP contribution in [0.3, 0.4) is 0 Å². The lowest BCUT2D eigenvalue weighted by atomic mass is 10.0. The third-order valence-corrected chi connectivity index (χ3v) is 1.98. The van der Waals surface area contributed by atoms with E-state index in [1.807, 2.05) is 0 Å². The SMILES string of the molecule is COC(=O)c1ccc(C(=O)O)cc1C(F)(F)F. The van der Waals surface area contributed by atoms with Crippen LogP contribution in [0.4, 0.5) is 13.2 Å². The Morgan fingerprint density at radius 2 is 1.88 bits per heavy atom. The summed E-state index contributed by atoms with van der Waals surface area (Å²) in [6.07, 6.45) is -4.82. The predicted molar refractivity (Wildman–Crippen MR) is 49.7 cm³/mol. The lowest BCUT2D eigenvalue weighted by Crippen LogP contribution is -2.15. The van der Waals surface area contributed by atoms with Gasteiger partial charge >= 0.3 is 18.1 Å². The van der Waals surface area contributed by atoms with Crippen LogP contribution in [-0.2, 0) is 10.9 Å². The minimum Gasteiger partial charge on any atom is -0.478 e. The van der Waals surface area contributed by atoms with Crippen LogP contribution in [0.1, 0.15) is 26.3 Å². The van der Waals surface area contributed by atoms with Crippen molar-refractivity contribution in [3.63, 3.8) is 0 Å². The molecule has 0 amide bonds. The molecule has 0 aliphatic rings. The number of carboxylic acids is 1. The third kappa shape index (κ3) is 2.74. The maximum Gasteiger partial charge on any atom is 0.417 e. The first-order valence-electron chi connectivity index (χ1n) is 4.30. The molecule has 0 aliphatic heterocycles. The van der Waals surface area contributed by atoms with Crippen LogP contribution in [0.5, 0.6) is 0 Å². The van der Waals surface area contributed by atoms with E-state index in [9.17, 15) is 22.8 Å².